The zero-order valence-electron chi connectivity index (χ0n) is 14.6. The molecule has 3 amide bonds. The Hall–Kier alpha value is -3.64. The van der Waals surface area contributed by atoms with Gasteiger partial charge >= 0.3 is 0 Å². The second-order valence-corrected chi connectivity index (χ2v) is 6.73. The summed E-state index contributed by atoms with van der Waals surface area (Å²) < 4.78 is 0. The lowest BCUT2D eigenvalue weighted by Crippen LogP contribution is -2.24. The minimum absolute atomic E-state index is 0.170. The average Bonchev–Trinajstić information content (AvgIpc) is 3.15. The average molecular weight is 393 g/mol. The zero-order chi connectivity index (χ0) is 19.9. The van der Waals surface area contributed by atoms with E-state index in [2.05, 4.69) is 20.6 Å². The molecular weight excluding hydrogens is 378 g/mol. The first-order valence-corrected chi connectivity index (χ1v) is 9.23. The summed E-state index contributed by atoms with van der Waals surface area (Å²) in [7, 11) is 0. The topological polar surface area (TPSA) is 124 Å². The maximum absolute atomic E-state index is 12.1. The fourth-order valence-electron chi connectivity index (χ4n) is 2.35. The highest BCUT2D eigenvalue weighted by molar-refractivity contribution is 7.13. The van der Waals surface area contributed by atoms with Gasteiger partial charge in [0.2, 0.25) is 11.8 Å². The van der Waals surface area contributed by atoms with E-state index in [1.807, 2.05) is 6.07 Å². The van der Waals surface area contributed by atoms with Gasteiger partial charge in [-0.05, 0) is 30.7 Å². The second-order valence-electron chi connectivity index (χ2n) is 5.87. The first kappa shape index (κ1) is 19.1. The van der Waals surface area contributed by atoms with Gasteiger partial charge in [-0.2, -0.15) is 5.26 Å². The molecule has 2 N–H and O–H groups in total. The molecule has 1 aromatic heterocycles. The smallest absolute Gasteiger partial charge is 0.269 e. The number of hydrogen-bond acceptors (Lipinski definition) is 6. The molecule has 1 unspecified atom stereocenters. The molecule has 9 heteroatoms. The molecule has 2 aromatic rings. The van der Waals surface area contributed by atoms with E-state index in [4.69, 9.17) is 5.26 Å². The van der Waals surface area contributed by atoms with Gasteiger partial charge in [0, 0.05) is 29.8 Å². The van der Waals surface area contributed by atoms with Crippen molar-refractivity contribution in [3.05, 3.63) is 53.1 Å². The Morgan fingerprint density at radius 1 is 1.21 bits per heavy atom. The van der Waals surface area contributed by atoms with Crippen molar-refractivity contribution in [1.29, 1.82) is 5.26 Å². The SMILES string of the molecule is N#Cc1ccc(NC(=O)CCc2csc(NC(=O)C3C=CC(=O)N=C3)n2)cc1. The van der Waals surface area contributed by atoms with Crippen molar-refractivity contribution in [3.63, 3.8) is 0 Å². The van der Waals surface area contributed by atoms with Crippen LogP contribution >= 0.6 is 11.3 Å². The van der Waals surface area contributed by atoms with E-state index >= 15 is 0 Å². The summed E-state index contributed by atoms with van der Waals surface area (Å²) in [5, 5.41) is 16.4. The van der Waals surface area contributed by atoms with Crippen LogP contribution < -0.4 is 10.6 Å². The van der Waals surface area contributed by atoms with Crippen molar-refractivity contribution in [2.24, 2.45) is 10.9 Å². The van der Waals surface area contributed by atoms with Gasteiger partial charge in [-0.15, -0.1) is 11.3 Å². The molecule has 0 fully saturated rings. The van der Waals surface area contributed by atoms with Crippen LogP contribution in [0.3, 0.4) is 0 Å². The van der Waals surface area contributed by atoms with Gasteiger partial charge in [0.1, 0.15) is 0 Å². The fraction of sp³-hybridized carbons (Fsp3) is 0.158. The number of nitriles is 1. The number of aromatic nitrogens is 1. The first-order valence-electron chi connectivity index (χ1n) is 8.35. The molecule has 0 bridgehead atoms. The summed E-state index contributed by atoms with van der Waals surface area (Å²) in [6.07, 6.45) is 4.68. The number of anilines is 2. The van der Waals surface area contributed by atoms with Gasteiger partial charge in [-0.1, -0.05) is 6.08 Å². The van der Waals surface area contributed by atoms with E-state index in [0.717, 1.165) is 0 Å². The van der Waals surface area contributed by atoms with Crippen LogP contribution in [0.5, 0.6) is 0 Å². The number of carbonyl (C=O) groups is 3. The molecule has 1 aromatic carbocycles. The van der Waals surface area contributed by atoms with Crippen LogP contribution in [0.1, 0.15) is 17.7 Å². The van der Waals surface area contributed by atoms with Crippen molar-refractivity contribution >= 4 is 46.1 Å². The molecule has 8 nitrogen and oxygen atoms in total. The predicted octanol–water partition coefficient (Wildman–Crippen LogP) is 2.31. The molecule has 0 spiro atoms. The number of rotatable bonds is 6. The lowest BCUT2D eigenvalue weighted by atomic mass is 10.1. The van der Waals surface area contributed by atoms with Crippen LogP contribution in [0, 0.1) is 17.2 Å². The number of aliphatic imine (C=N–C) groups is 1. The molecule has 2 heterocycles. The lowest BCUT2D eigenvalue weighted by molar-refractivity contribution is -0.117. The second kappa shape index (κ2) is 8.83. The number of dihydropyridines is 1. The zero-order valence-corrected chi connectivity index (χ0v) is 15.4. The number of amides is 3. The Kier molecular flexibility index (Phi) is 6.04. The van der Waals surface area contributed by atoms with Crippen molar-refractivity contribution < 1.29 is 14.4 Å². The van der Waals surface area contributed by atoms with E-state index in [0.29, 0.717) is 28.5 Å². The van der Waals surface area contributed by atoms with Crippen LogP contribution in [-0.2, 0) is 20.8 Å². The van der Waals surface area contributed by atoms with Crippen molar-refractivity contribution in [2.45, 2.75) is 12.8 Å². The molecule has 140 valence electrons. The quantitative estimate of drug-likeness (QED) is 0.779. The van der Waals surface area contributed by atoms with Gasteiger partial charge in [0.25, 0.3) is 5.91 Å². The van der Waals surface area contributed by atoms with Crippen LogP contribution in [0.4, 0.5) is 10.8 Å². The number of aryl methyl sites for hydroxylation is 1. The maximum Gasteiger partial charge on any atom is 0.269 e. The Labute approximate surface area is 164 Å². The molecular formula is C19H15N5O3S. The Morgan fingerprint density at radius 3 is 2.68 bits per heavy atom. The number of carbonyl (C=O) groups excluding carboxylic acids is 3. The number of thiazole rings is 1. The van der Waals surface area contributed by atoms with Crippen molar-refractivity contribution in [3.8, 4) is 6.07 Å². The van der Waals surface area contributed by atoms with E-state index in [1.165, 1.54) is 29.7 Å². The van der Waals surface area contributed by atoms with Crippen LogP contribution in [-0.4, -0.2) is 28.9 Å². The normalized spacial score (nSPS) is 15.1. The van der Waals surface area contributed by atoms with Gasteiger partial charge in [-0.3, -0.25) is 14.4 Å². The third-order valence-corrected chi connectivity index (χ3v) is 4.61. The minimum Gasteiger partial charge on any atom is -0.326 e. The number of nitrogens with one attached hydrogen (secondary N) is 2. The van der Waals surface area contributed by atoms with E-state index in [9.17, 15) is 14.4 Å². The van der Waals surface area contributed by atoms with Crippen LogP contribution in [0.2, 0.25) is 0 Å². The molecule has 1 aliphatic rings. The van der Waals surface area contributed by atoms with E-state index in [1.54, 1.807) is 29.6 Å². The van der Waals surface area contributed by atoms with Crippen LogP contribution in [0.15, 0.2) is 46.8 Å². The van der Waals surface area contributed by atoms with E-state index in [-0.39, 0.29) is 24.1 Å². The first-order chi connectivity index (χ1) is 13.5. The van der Waals surface area contributed by atoms with Crippen molar-refractivity contribution in [1.82, 2.24) is 4.98 Å². The number of nitrogens with zero attached hydrogens (tertiary/aromatic N) is 3. The summed E-state index contributed by atoms with van der Waals surface area (Å²) in [5.74, 6) is -1.49. The Morgan fingerprint density at radius 2 is 2.00 bits per heavy atom. The van der Waals surface area contributed by atoms with Gasteiger partial charge in [0.05, 0.1) is 23.2 Å². The van der Waals surface area contributed by atoms with E-state index < -0.39 is 5.92 Å². The highest BCUT2D eigenvalue weighted by atomic mass is 32.1. The summed E-state index contributed by atoms with van der Waals surface area (Å²) in [5.41, 5.74) is 1.84. The molecule has 0 aliphatic carbocycles. The molecule has 3 rings (SSSR count). The molecule has 1 atom stereocenters. The number of benzene rings is 1. The highest BCUT2D eigenvalue weighted by Gasteiger charge is 2.18. The standard InChI is InChI=1S/C19H15N5O3S/c20-9-12-1-4-14(5-2-12)22-17(26)8-6-15-11-28-19(23-15)24-18(27)13-3-7-16(25)21-10-13/h1-5,7,10-11,13H,6,8H2,(H,22,26)(H,23,24,27). The fourth-order valence-corrected chi connectivity index (χ4v) is 3.10. The summed E-state index contributed by atoms with van der Waals surface area (Å²) in [4.78, 5) is 43.0. The third kappa shape index (κ3) is 5.18. The van der Waals surface area contributed by atoms with Crippen molar-refractivity contribution in [2.75, 3.05) is 10.6 Å². The molecule has 1 aliphatic heterocycles. The minimum atomic E-state index is -0.608. The third-order valence-electron chi connectivity index (χ3n) is 3.80. The summed E-state index contributed by atoms with van der Waals surface area (Å²) in [6.45, 7) is 0. The highest BCUT2D eigenvalue weighted by Crippen LogP contribution is 2.18. The Balaban J connectivity index is 1.47. The van der Waals surface area contributed by atoms with Gasteiger partial charge in [-0.25, -0.2) is 9.98 Å². The number of hydrogen-bond donors (Lipinski definition) is 2. The lowest BCUT2D eigenvalue weighted by Gasteiger charge is -2.08. The molecule has 28 heavy (non-hydrogen) atoms. The maximum atomic E-state index is 12.1. The summed E-state index contributed by atoms with van der Waals surface area (Å²) in [6, 6.07) is 8.62. The summed E-state index contributed by atoms with van der Waals surface area (Å²) >= 11 is 1.26. The monoisotopic (exact) mass is 393 g/mol. The predicted molar refractivity (Wildman–Crippen MR) is 105 cm³/mol. The van der Waals surface area contributed by atoms with Gasteiger partial charge in [0.15, 0.2) is 5.13 Å². The largest absolute Gasteiger partial charge is 0.326 e. The van der Waals surface area contributed by atoms with Gasteiger partial charge < -0.3 is 10.6 Å². The van der Waals surface area contributed by atoms with Crippen LogP contribution in [0.25, 0.3) is 0 Å². The molecule has 0 saturated carbocycles. The Bertz CT molecular complexity index is 985. The molecule has 0 radical (unpaired) electrons. The molecule has 0 saturated heterocycles.